The summed E-state index contributed by atoms with van der Waals surface area (Å²) in [4.78, 5) is 0. The number of rotatable bonds is 7. The Morgan fingerprint density at radius 3 is 2.29 bits per heavy atom. The van der Waals surface area contributed by atoms with Gasteiger partial charge in [-0.05, 0) is 24.9 Å². The van der Waals surface area contributed by atoms with Crippen molar-refractivity contribution in [3.8, 4) is 0 Å². The average Bonchev–Trinajstić information content (AvgIpc) is 2.35. The topological polar surface area (TPSA) is 21.3 Å². The summed E-state index contributed by atoms with van der Waals surface area (Å²) in [7, 11) is 0. The van der Waals surface area contributed by atoms with Crippen LogP contribution >= 0.6 is 0 Å². The molecule has 0 amide bonds. The van der Waals surface area contributed by atoms with Crippen LogP contribution in [-0.2, 0) is 4.74 Å². The van der Waals surface area contributed by atoms with Gasteiger partial charge >= 0.3 is 0 Å². The monoisotopic (exact) mass is 235 g/mol. The molecule has 0 radical (unpaired) electrons. The minimum atomic E-state index is 0.147. The molecule has 1 N–H and O–H groups in total. The molecule has 96 valence electrons. The second kappa shape index (κ2) is 7.46. The predicted molar refractivity (Wildman–Crippen MR) is 73.1 cm³/mol. The first-order chi connectivity index (χ1) is 8.15. The summed E-state index contributed by atoms with van der Waals surface area (Å²) in [5.41, 5.74) is 1.25. The maximum Gasteiger partial charge on any atom is 0.0952 e. The number of likely N-dealkylation sites (N-methyl/N-ethyl adjacent to an activating group) is 1. The Labute approximate surface area is 105 Å². The molecule has 2 heteroatoms. The SMILES string of the molecule is CCNCC(OC(C)C(C)C)c1ccccc1. The molecule has 2 unspecified atom stereocenters. The van der Waals surface area contributed by atoms with E-state index < -0.39 is 0 Å². The zero-order chi connectivity index (χ0) is 12.7. The van der Waals surface area contributed by atoms with E-state index in [2.05, 4.69) is 57.3 Å². The Balaban J connectivity index is 2.67. The van der Waals surface area contributed by atoms with Crippen LogP contribution in [0.2, 0.25) is 0 Å². The summed E-state index contributed by atoms with van der Waals surface area (Å²) in [6, 6.07) is 10.4. The van der Waals surface area contributed by atoms with Gasteiger partial charge < -0.3 is 10.1 Å². The van der Waals surface area contributed by atoms with Gasteiger partial charge in [-0.2, -0.15) is 0 Å². The fourth-order valence-corrected chi connectivity index (χ4v) is 1.60. The Morgan fingerprint density at radius 1 is 1.12 bits per heavy atom. The summed E-state index contributed by atoms with van der Waals surface area (Å²) in [6.07, 6.45) is 0.424. The molecular weight excluding hydrogens is 210 g/mol. The van der Waals surface area contributed by atoms with E-state index in [0.717, 1.165) is 13.1 Å². The summed E-state index contributed by atoms with van der Waals surface area (Å²) in [6.45, 7) is 10.5. The molecule has 2 atom stereocenters. The lowest BCUT2D eigenvalue weighted by molar-refractivity contribution is -0.0257. The van der Waals surface area contributed by atoms with Crippen LogP contribution in [0.25, 0.3) is 0 Å². The number of nitrogens with one attached hydrogen (secondary N) is 1. The van der Waals surface area contributed by atoms with Crippen LogP contribution < -0.4 is 5.32 Å². The van der Waals surface area contributed by atoms with Gasteiger partial charge in [-0.3, -0.25) is 0 Å². The van der Waals surface area contributed by atoms with Crippen LogP contribution in [-0.4, -0.2) is 19.2 Å². The standard InChI is InChI=1S/C15H25NO/c1-5-16-11-15(17-13(4)12(2)3)14-9-7-6-8-10-14/h6-10,12-13,15-16H,5,11H2,1-4H3. The third-order valence-corrected chi connectivity index (χ3v) is 3.07. The lowest BCUT2D eigenvalue weighted by Gasteiger charge is -2.25. The normalized spacial score (nSPS) is 14.9. The maximum absolute atomic E-state index is 6.14. The Morgan fingerprint density at radius 2 is 1.76 bits per heavy atom. The lowest BCUT2D eigenvalue weighted by atomic mass is 10.1. The highest BCUT2D eigenvalue weighted by atomic mass is 16.5. The molecule has 1 rings (SSSR count). The van der Waals surface area contributed by atoms with Crippen molar-refractivity contribution in [3.05, 3.63) is 35.9 Å². The van der Waals surface area contributed by atoms with Gasteiger partial charge in [0.25, 0.3) is 0 Å². The van der Waals surface area contributed by atoms with Crippen LogP contribution in [0.1, 0.15) is 39.4 Å². The molecular formula is C15H25NO. The Bertz CT molecular complexity index is 297. The summed E-state index contributed by atoms with van der Waals surface area (Å²) in [5.74, 6) is 0.544. The molecule has 1 aromatic carbocycles. The molecule has 0 saturated carbocycles. The Kier molecular flexibility index (Phi) is 6.23. The zero-order valence-electron chi connectivity index (χ0n) is 11.4. The van der Waals surface area contributed by atoms with Crippen LogP contribution in [0.5, 0.6) is 0 Å². The van der Waals surface area contributed by atoms with Gasteiger partial charge in [-0.25, -0.2) is 0 Å². The fraction of sp³-hybridized carbons (Fsp3) is 0.600. The van der Waals surface area contributed by atoms with Crippen molar-refractivity contribution in [2.45, 2.75) is 39.9 Å². The van der Waals surface area contributed by atoms with E-state index >= 15 is 0 Å². The third-order valence-electron chi connectivity index (χ3n) is 3.07. The van der Waals surface area contributed by atoms with Crippen molar-refractivity contribution in [2.75, 3.05) is 13.1 Å². The van der Waals surface area contributed by atoms with Crippen LogP contribution in [0, 0.1) is 5.92 Å². The highest BCUT2D eigenvalue weighted by Crippen LogP contribution is 2.21. The maximum atomic E-state index is 6.14. The molecule has 0 fully saturated rings. The molecule has 0 aliphatic carbocycles. The van der Waals surface area contributed by atoms with E-state index in [4.69, 9.17) is 4.74 Å². The molecule has 0 spiro atoms. The molecule has 0 heterocycles. The number of benzene rings is 1. The van der Waals surface area contributed by atoms with Crippen molar-refractivity contribution in [1.82, 2.24) is 5.32 Å². The summed E-state index contributed by atoms with van der Waals surface area (Å²) >= 11 is 0. The number of hydrogen-bond acceptors (Lipinski definition) is 2. The average molecular weight is 235 g/mol. The van der Waals surface area contributed by atoms with Crippen LogP contribution in [0.4, 0.5) is 0 Å². The molecule has 0 saturated heterocycles. The zero-order valence-corrected chi connectivity index (χ0v) is 11.4. The van der Waals surface area contributed by atoms with Gasteiger partial charge in [0.2, 0.25) is 0 Å². The first-order valence-electron chi connectivity index (χ1n) is 6.56. The first-order valence-corrected chi connectivity index (χ1v) is 6.56. The summed E-state index contributed by atoms with van der Waals surface area (Å²) < 4.78 is 6.14. The predicted octanol–water partition coefficient (Wildman–Crippen LogP) is 3.40. The molecule has 0 bridgehead atoms. The van der Waals surface area contributed by atoms with E-state index in [1.54, 1.807) is 0 Å². The van der Waals surface area contributed by atoms with Gasteiger partial charge in [0.15, 0.2) is 0 Å². The molecule has 2 nitrogen and oxygen atoms in total. The molecule has 0 aliphatic heterocycles. The van der Waals surface area contributed by atoms with Gasteiger partial charge in [0, 0.05) is 6.54 Å². The fourth-order valence-electron chi connectivity index (χ4n) is 1.60. The number of ether oxygens (including phenoxy) is 1. The highest BCUT2D eigenvalue weighted by Gasteiger charge is 2.16. The molecule has 0 aliphatic rings. The molecule has 1 aromatic rings. The van der Waals surface area contributed by atoms with Gasteiger partial charge in [-0.1, -0.05) is 51.1 Å². The highest BCUT2D eigenvalue weighted by molar-refractivity contribution is 5.18. The van der Waals surface area contributed by atoms with E-state index in [1.165, 1.54) is 5.56 Å². The second-order valence-corrected chi connectivity index (χ2v) is 4.79. The van der Waals surface area contributed by atoms with E-state index in [9.17, 15) is 0 Å². The number of hydrogen-bond donors (Lipinski definition) is 1. The molecule has 0 aromatic heterocycles. The smallest absolute Gasteiger partial charge is 0.0952 e. The van der Waals surface area contributed by atoms with Crippen molar-refractivity contribution in [3.63, 3.8) is 0 Å². The van der Waals surface area contributed by atoms with Gasteiger partial charge in [0.05, 0.1) is 12.2 Å². The van der Waals surface area contributed by atoms with Gasteiger partial charge in [0.1, 0.15) is 0 Å². The van der Waals surface area contributed by atoms with Crippen molar-refractivity contribution in [1.29, 1.82) is 0 Å². The van der Waals surface area contributed by atoms with Crippen molar-refractivity contribution < 1.29 is 4.74 Å². The van der Waals surface area contributed by atoms with Crippen molar-refractivity contribution in [2.24, 2.45) is 5.92 Å². The minimum absolute atomic E-state index is 0.147. The summed E-state index contributed by atoms with van der Waals surface area (Å²) in [5, 5.41) is 3.37. The minimum Gasteiger partial charge on any atom is -0.369 e. The van der Waals surface area contributed by atoms with E-state index in [1.807, 2.05) is 6.07 Å². The van der Waals surface area contributed by atoms with Gasteiger partial charge in [-0.15, -0.1) is 0 Å². The molecule has 17 heavy (non-hydrogen) atoms. The lowest BCUT2D eigenvalue weighted by Crippen LogP contribution is -2.27. The van der Waals surface area contributed by atoms with Crippen molar-refractivity contribution >= 4 is 0 Å². The second-order valence-electron chi connectivity index (χ2n) is 4.79. The Hall–Kier alpha value is -0.860. The van der Waals surface area contributed by atoms with E-state index in [-0.39, 0.29) is 12.2 Å². The van der Waals surface area contributed by atoms with Crippen LogP contribution in [0.15, 0.2) is 30.3 Å². The quantitative estimate of drug-likeness (QED) is 0.782. The third kappa shape index (κ3) is 4.88. The first kappa shape index (κ1) is 14.2. The van der Waals surface area contributed by atoms with E-state index in [0.29, 0.717) is 5.92 Å². The van der Waals surface area contributed by atoms with Crippen LogP contribution in [0.3, 0.4) is 0 Å². The largest absolute Gasteiger partial charge is 0.369 e.